The van der Waals surface area contributed by atoms with Gasteiger partial charge in [0.25, 0.3) is 5.91 Å². The third-order valence-electron chi connectivity index (χ3n) is 3.60. The molecule has 128 valence electrons. The summed E-state index contributed by atoms with van der Waals surface area (Å²) >= 11 is 6.01. The van der Waals surface area contributed by atoms with Crippen LogP contribution in [0.1, 0.15) is 11.1 Å². The van der Waals surface area contributed by atoms with Gasteiger partial charge in [-0.05, 0) is 48.7 Å². The maximum atomic E-state index is 12.8. The summed E-state index contributed by atoms with van der Waals surface area (Å²) in [5, 5.41) is 15.3. The van der Waals surface area contributed by atoms with Crippen LogP contribution in [-0.2, 0) is 11.2 Å². The van der Waals surface area contributed by atoms with E-state index in [1.54, 1.807) is 37.3 Å². The Balaban J connectivity index is 1.92. The maximum absolute atomic E-state index is 12.8. The largest absolute Gasteiger partial charge is 0.389 e. The van der Waals surface area contributed by atoms with Gasteiger partial charge >= 0.3 is 0 Å². The van der Waals surface area contributed by atoms with Crippen LogP contribution in [0.5, 0.6) is 0 Å². The second kappa shape index (κ2) is 8.86. The lowest BCUT2D eigenvalue weighted by Gasteiger charge is -2.09. The highest BCUT2D eigenvalue weighted by Gasteiger charge is 2.11. The van der Waals surface area contributed by atoms with E-state index >= 15 is 0 Å². The molecule has 0 heterocycles. The number of benzene rings is 2. The Labute approximate surface area is 150 Å². The van der Waals surface area contributed by atoms with Crippen LogP contribution in [0.4, 0.5) is 10.1 Å². The summed E-state index contributed by atoms with van der Waals surface area (Å²) in [7, 11) is 0. The Morgan fingerprint density at radius 2 is 2.00 bits per heavy atom. The number of carbonyl (C=O) groups excluding carboxylic acids is 1. The molecule has 6 heteroatoms. The molecular formula is C19H17ClFN3O. The van der Waals surface area contributed by atoms with E-state index in [0.717, 1.165) is 11.1 Å². The van der Waals surface area contributed by atoms with E-state index < -0.39 is 5.91 Å². The van der Waals surface area contributed by atoms with Crippen LogP contribution in [0, 0.1) is 24.1 Å². The Kier molecular flexibility index (Phi) is 6.55. The lowest BCUT2D eigenvalue weighted by atomic mass is 10.1. The van der Waals surface area contributed by atoms with Crippen LogP contribution in [0.15, 0.2) is 54.2 Å². The van der Waals surface area contributed by atoms with Crippen LogP contribution in [0.2, 0.25) is 5.02 Å². The van der Waals surface area contributed by atoms with Crippen LogP contribution >= 0.6 is 11.6 Å². The van der Waals surface area contributed by atoms with E-state index in [-0.39, 0.29) is 11.4 Å². The highest BCUT2D eigenvalue weighted by atomic mass is 35.5. The first-order valence-corrected chi connectivity index (χ1v) is 8.03. The predicted octanol–water partition coefficient (Wildman–Crippen LogP) is 3.97. The summed E-state index contributed by atoms with van der Waals surface area (Å²) in [5.74, 6) is -0.793. The van der Waals surface area contributed by atoms with Crippen LogP contribution in [-0.4, -0.2) is 12.5 Å². The van der Waals surface area contributed by atoms with Crippen molar-refractivity contribution in [3.8, 4) is 6.07 Å². The molecule has 2 N–H and O–H groups in total. The van der Waals surface area contributed by atoms with Crippen molar-refractivity contribution in [3.05, 3.63) is 76.2 Å². The number of hydrogen-bond acceptors (Lipinski definition) is 3. The average Bonchev–Trinajstić information content (AvgIpc) is 2.60. The monoisotopic (exact) mass is 357 g/mol. The zero-order valence-electron chi connectivity index (χ0n) is 13.6. The minimum absolute atomic E-state index is 0.0431. The number of nitrogens with zero attached hydrogens (tertiary/aromatic N) is 1. The molecule has 0 spiro atoms. The summed E-state index contributed by atoms with van der Waals surface area (Å²) in [4.78, 5) is 12.2. The number of nitrogens with one attached hydrogen (secondary N) is 2. The third kappa shape index (κ3) is 5.33. The molecular weight excluding hydrogens is 341 g/mol. The highest BCUT2D eigenvalue weighted by Crippen LogP contribution is 2.23. The Morgan fingerprint density at radius 3 is 2.68 bits per heavy atom. The summed E-state index contributed by atoms with van der Waals surface area (Å²) < 4.78 is 12.8. The number of amides is 1. The van der Waals surface area contributed by atoms with E-state index in [9.17, 15) is 9.18 Å². The summed E-state index contributed by atoms with van der Waals surface area (Å²) in [6, 6.07) is 13.2. The average molecular weight is 358 g/mol. The standard InChI is InChI=1S/C19H17ClFN3O/c1-13-17(20)3-2-4-18(13)24-19(25)15(11-22)12-23-10-9-14-5-7-16(21)8-6-14/h2-8,12,23H,9-10H2,1H3,(H,24,25)/b15-12-. The van der Waals surface area contributed by atoms with E-state index in [4.69, 9.17) is 16.9 Å². The molecule has 0 saturated carbocycles. The number of halogens is 2. The highest BCUT2D eigenvalue weighted by molar-refractivity contribution is 6.31. The summed E-state index contributed by atoms with van der Waals surface area (Å²) in [6.45, 7) is 2.30. The molecule has 0 saturated heterocycles. The van der Waals surface area contributed by atoms with Crippen molar-refractivity contribution < 1.29 is 9.18 Å². The second-order valence-electron chi connectivity index (χ2n) is 5.37. The molecule has 0 aliphatic carbocycles. The van der Waals surface area contributed by atoms with Gasteiger partial charge < -0.3 is 10.6 Å². The minimum Gasteiger partial charge on any atom is -0.389 e. The molecule has 0 radical (unpaired) electrons. The molecule has 0 unspecified atom stereocenters. The fraction of sp³-hybridized carbons (Fsp3) is 0.158. The van der Waals surface area contributed by atoms with Gasteiger partial charge in [0.15, 0.2) is 0 Å². The fourth-order valence-corrected chi connectivity index (χ4v) is 2.30. The molecule has 2 aromatic rings. The molecule has 0 aliphatic rings. The number of anilines is 1. The van der Waals surface area contributed by atoms with Gasteiger partial charge in [0.1, 0.15) is 17.5 Å². The lowest BCUT2D eigenvalue weighted by molar-refractivity contribution is -0.112. The van der Waals surface area contributed by atoms with Gasteiger partial charge in [-0.25, -0.2) is 4.39 Å². The molecule has 2 aromatic carbocycles. The van der Waals surface area contributed by atoms with Crippen molar-refractivity contribution in [2.45, 2.75) is 13.3 Å². The van der Waals surface area contributed by atoms with Gasteiger partial charge in [-0.15, -0.1) is 0 Å². The SMILES string of the molecule is Cc1c(Cl)cccc1NC(=O)/C(C#N)=C\NCCc1ccc(F)cc1. The maximum Gasteiger partial charge on any atom is 0.267 e. The molecule has 0 fully saturated rings. The number of rotatable bonds is 6. The molecule has 1 amide bonds. The van der Waals surface area contributed by atoms with Crippen molar-refractivity contribution in [3.63, 3.8) is 0 Å². The van der Waals surface area contributed by atoms with Gasteiger partial charge in [0.05, 0.1) is 0 Å². The molecule has 4 nitrogen and oxygen atoms in total. The van der Waals surface area contributed by atoms with Gasteiger partial charge in [0, 0.05) is 23.5 Å². The summed E-state index contributed by atoms with van der Waals surface area (Å²) in [5.41, 5.74) is 2.21. The van der Waals surface area contributed by atoms with Gasteiger partial charge in [-0.1, -0.05) is 29.8 Å². The number of carbonyl (C=O) groups is 1. The van der Waals surface area contributed by atoms with Crippen LogP contribution in [0.25, 0.3) is 0 Å². The number of hydrogen-bond donors (Lipinski definition) is 2. The zero-order valence-corrected chi connectivity index (χ0v) is 14.4. The van der Waals surface area contributed by atoms with Gasteiger partial charge in [0.2, 0.25) is 0 Å². The molecule has 0 atom stereocenters. The quantitative estimate of drug-likeness (QED) is 0.467. The van der Waals surface area contributed by atoms with Crippen molar-refractivity contribution in [2.75, 3.05) is 11.9 Å². The van der Waals surface area contributed by atoms with Gasteiger partial charge in [-0.2, -0.15) is 5.26 Å². The summed E-state index contributed by atoms with van der Waals surface area (Å²) in [6.07, 6.45) is 2.02. The Hall–Kier alpha value is -2.84. The van der Waals surface area contributed by atoms with E-state index in [1.165, 1.54) is 18.3 Å². The van der Waals surface area contributed by atoms with Crippen molar-refractivity contribution in [1.82, 2.24) is 5.32 Å². The van der Waals surface area contributed by atoms with Gasteiger partial charge in [-0.3, -0.25) is 4.79 Å². The van der Waals surface area contributed by atoms with Crippen molar-refractivity contribution >= 4 is 23.2 Å². The smallest absolute Gasteiger partial charge is 0.267 e. The first kappa shape index (κ1) is 18.5. The van der Waals surface area contributed by atoms with Crippen LogP contribution in [0.3, 0.4) is 0 Å². The lowest BCUT2D eigenvalue weighted by Crippen LogP contribution is -2.18. The Morgan fingerprint density at radius 1 is 1.28 bits per heavy atom. The van der Waals surface area contributed by atoms with E-state index in [0.29, 0.717) is 23.7 Å². The molecule has 0 bridgehead atoms. The van der Waals surface area contributed by atoms with E-state index in [2.05, 4.69) is 10.6 Å². The third-order valence-corrected chi connectivity index (χ3v) is 4.01. The second-order valence-corrected chi connectivity index (χ2v) is 5.77. The fourth-order valence-electron chi connectivity index (χ4n) is 2.12. The Bertz CT molecular complexity index is 826. The van der Waals surface area contributed by atoms with Crippen LogP contribution < -0.4 is 10.6 Å². The topological polar surface area (TPSA) is 64.9 Å². The number of nitriles is 1. The normalized spacial score (nSPS) is 10.9. The molecule has 25 heavy (non-hydrogen) atoms. The van der Waals surface area contributed by atoms with E-state index in [1.807, 2.05) is 6.07 Å². The first-order chi connectivity index (χ1) is 12.0. The van der Waals surface area contributed by atoms with Crippen molar-refractivity contribution in [2.24, 2.45) is 0 Å². The molecule has 0 aliphatic heterocycles. The first-order valence-electron chi connectivity index (χ1n) is 7.66. The molecule has 0 aromatic heterocycles. The minimum atomic E-state index is -0.512. The molecule has 2 rings (SSSR count). The van der Waals surface area contributed by atoms with Crippen molar-refractivity contribution in [1.29, 1.82) is 5.26 Å². The predicted molar refractivity (Wildman–Crippen MR) is 96.6 cm³/mol. The zero-order chi connectivity index (χ0) is 18.2.